The van der Waals surface area contributed by atoms with E-state index >= 15 is 0 Å². The second kappa shape index (κ2) is 9.56. The third-order valence-electron chi connectivity index (χ3n) is 5.21. The summed E-state index contributed by atoms with van der Waals surface area (Å²) in [5, 5.41) is 3.64. The zero-order valence-electron chi connectivity index (χ0n) is 18.5. The molecule has 1 aliphatic rings. The standard InChI is InChI=1S/C24H27N5O2S/c1-4-31-19-13-17(14-25-15-19)16-5-7-18(8-6-16)27-22(30)24(2,3)21-11-12-26-23(28-21)29-32-20-9-10-20/h5-8,11-15,20H,4,9-10H2,1-3H3,(H,27,30)(H,26,28,29). The number of ether oxygens (including phenoxy) is 1. The Morgan fingerprint density at radius 1 is 1.16 bits per heavy atom. The average Bonchev–Trinajstić information content (AvgIpc) is 3.63. The first-order valence-corrected chi connectivity index (χ1v) is 11.6. The molecule has 1 fully saturated rings. The van der Waals surface area contributed by atoms with Gasteiger partial charge in [0.15, 0.2) is 0 Å². The van der Waals surface area contributed by atoms with Crippen LogP contribution in [-0.4, -0.2) is 32.7 Å². The van der Waals surface area contributed by atoms with Gasteiger partial charge in [0.25, 0.3) is 0 Å². The van der Waals surface area contributed by atoms with Gasteiger partial charge < -0.3 is 10.1 Å². The number of nitrogens with zero attached hydrogens (tertiary/aromatic N) is 3. The van der Waals surface area contributed by atoms with E-state index in [4.69, 9.17) is 4.74 Å². The van der Waals surface area contributed by atoms with E-state index in [2.05, 4.69) is 25.0 Å². The second-order valence-electron chi connectivity index (χ2n) is 8.18. The first-order valence-electron chi connectivity index (χ1n) is 10.7. The summed E-state index contributed by atoms with van der Waals surface area (Å²) in [5.41, 5.74) is 2.52. The van der Waals surface area contributed by atoms with Crippen molar-refractivity contribution in [3.8, 4) is 16.9 Å². The van der Waals surface area contributed by atoms with Crippen molar-refractivity contribution >= 4 is 29.5 Å². The van der Waals surface area contributed by atoms with E-state index in [0.29, 0.717) is 23.5 Å². The van der Waals surface area contributed by atoms with E-state index in [1.54, 1.807) is 36.6 Å². The van der Waals surface area contributed by atoms with Crippen LogP contribution < -0.4 is 14.8 Å². The van der Waals surface area contributed by atoms with E-state index in [-0.39, 0.29) is 5.91 Å². The van der Waals surface area contributed by atoms with Crippen molar-refractivity contribution in [1.29, 1.82) is 0 Å². The zero-order chi connectivity index (χ0) is 22.6. The van der Waals surface area contributed by atoms with Gasteiger partial charge in [-0.15, -0.1) is 0 Å². The maximum atomic E-state index is 13.1. The highest BCUT2D eigenvalue weighted by Crippen LogP contribution is 2.34. The Balaban J connectivity index is 1.43. The van der Waals surface area contributed by atoms with Crippen LogP contribution in [0.3, 0.4) is 0 Å². The highest BCUT2D eigenvalue weighted by Gasteiger charge is 2.32. The minimum absolute atomic E-state index is 0.134. The molecule has 2 N–H and O–H groups in total. The minimum Gasteiger partial charge on any atom is -0.492 e. The van der Waals surface area contributed by atoms with Crippen molar-refractivity contribution in [3.63, 3.8) is 0 Å². The third-order valence-corrected chi connectivity index (χ3v) is 6.31. The SMILES string of the molecule is CCOc1cncc(-c2ccc(NC(=O)C(C)(C)c3ccnc(NSC4CC4)n3)cc2)c1. The molecule has 166 valence electrons. The van der Waals surface area contributed by atoms with Gasteiger partial charge in [0.05, 0.1) is 23.9 Å². The number of carbonyl (C=O) groups is 1. The van der Waals surface area contributed by atoms with Gasteiger partial charge in [0.2, 0.25) is 11.9 Å². The molecule has 1 saturated carbocycles. The maximum absolute atomic E-state index is 13.1. The first kappa shape index (κ1) is 22.1. The maximum Gasteiger partial charge on any atom is 0.236 e. The van der Waals surface area contributed by atoms with Gasteiger partial charge in [-0.2, -0.15) is 0 Å². The Bertz CT molecular complexity index is 1080. The van der Waals surface area contributed by atoms with Crippen LogP contribution >= 0.6 is 11.9 Å². The lowest BCUT2D eigenvalue weighted by Crippen LogP contribution is -2.35. The molecule has 7 nitrogen and oxygen atoms in total. The Labute approximate surface area is 192 Å². The number of aromatic nitrogens is 3. The monoisotopic (exact) mass is 449 g/mol. The molecule has 2 heterocycles. The summed E-state index contributed by atoms with van der Waals surface area (Å²) in [6.45, 7) is 6.26. The van der Waals surface area contributed by atoms with Gasteiger partial charge in [0, 0.05) is 28.9 Å². The number of pyridine rings is 1. The van der Waals surface area contributed by atoms with Crippen LogP contribution in [0.4, 0.5) is 11.6 Å². The van der Waals surface area contributed by atoms with E-state index in [1.807, 2.05) is 51.1 Å². The molecule has 0 unspecified atom stereocenters. The van der Waals surface area contributed by atoms with Crippen LogP contribution in [0.25, 0.3) is 11.1 Å². The van der Waals surface area contributed by atoms with Crippen LogP contribution in [0.2, 0.25) is 0 Å². The first-order chi connectivity index (χ1) is 15.5. The molecule has 1 aliphatic carbocycles. The van der Waals surface area contributed by atoms with Crippen molar-refractivity contribution in [2.75, 3.05) is 16.6 Å². The lowest BCUT2D eigenvalue weighted by Gasteiger charge is -2.23. The summed E-state index contributed by atoms with van der Waals surface area (Å²) in [6, 6.07) is 11.4. The van der Waals surface area contributed by atoms with Crippen molar-refractivity contribution in [1.82, 2.24) is 15.0 Å². The number of amides is 1. The lowest BCUT2D eigenvalue weighted by atomic mass is 9.88. The molecule has 0 atom stereocenters. The normalized spacial score (nSPS) is 13.5. The molecule has 1 aromatic carbocycles. The van der Waals surface area contributed by atoms with E-state index in [1.165, 1.54) is 12.8 Å². The van der Waals surface area contributed by atoms with Crippen molar-refractivity contribution in [2.24, 2.45) is 0 Å². The minimum atomic E-state index is -0.821. The number of anilines is 2. The summed E-state index contributed by atoms with van der Waals surface area (Å²) in [7, 11) is 0. The molecule has 0 spiro atoms. The summed E-state index contributed by atoms with van der Waals surface area (Å²) in [6.07, 6.45) is 7.62. The fraction of sp³-hybridized carbons (Fsp3) is 0.333. The lowest BCUT2D eigenvalue weighted by molar-refractivity contribution is -0.120. The number of carbonyl (C=O) groups excluding carboxylic acids is 1. The van der Waals surface area contributed by atoms with Crippen molar-refractivity contribution < 1.29 is 9.53 Å². The molecule has 0 bridgehead atoms. The molecule has 3 aromatic rings. The Morgan fingerprint density at radius 2 is 1.94 bits per heavy atom. The Morgan fingerprint density at radius 3 is 2.66 bits per heavy atom. The molecule has 0 radical (unpaired) electrons. The van der Waals surface area contributed by atoms with Crippen molar-refractivity contribution in [2.45, 2.75) is 44.3 Å². The van der Waals surface area contributed by atoms with E-state index in [9.17, 15) is 4.79 Å². The molecule has 1 amide bonds. The molecule has 32 heavy (non-hydrogen) atoms. The summed E-state index contributed by atoms with van der Waals surface area (Å²) >= 11 is 1.64. The highest BCUT2D eigenvalue weighted by molar-refractivity contribution is 8.01. The van der Waals surface area contributed by atoms with Crippen LogP contribution in [0.1, 0.15) is 39.3 Å². The summed E-state index contributed by atoms with van der Waals surface area (Å²) < 4.78 is 8.72. The van der Waals surface area contributed by atoms with Crippen LogP contribution in [0.5, 0.6) is 5.75 Å². The predicted molar refractivity (Wildman–Crippen MR) is 129 cm³/mol. The van der Waals surface area contributed by atoms with Crippen LogP contribution in [0, 0.1) is 0 Å². The number of hydrogen-bond acceptors (Lipinski definition) is 7. The van der Waals surface area contributed by atoms with Crippen LogP contribution in [-0.2, 0) is 10.2 Å². The van der Waals surface area contributed by atoms with Gasteiger partial charge in [-0.05, 0) is 75.4 Å². The largest absolute Gasteiger partial charge is 0.492 e. The Kier molecular flexibility index (Phi) is 6.60. The fourth-order valence-electron chi connectivity index (χ4n) is 3.05. The van der Waals surface area contributed by atoms with Gasteiger partial charge in [0.1, 0.15) is 5.75 Å². The zero-order valence-corrected chi connectivity index (χ0v) is 19.3. The molecule has 8 heteroatoms. The third kappa shape index (κ3) is 5.37. The number of nitrogens with one attached hydrogen (secondary N) is 2. The smallest absolute Gasteiger partial charge is 0.236 e. The molecule has 4 rings (SSSR count). The topological polar surface area (TPSA) is 89.0 Å². The van der Waals surface area contributed by atoms with Gasteiger partial charge >= 0.3 is 0 Å². The average molecular weight is 450 g/mol. The van der Waals surface area contributed by atoms with Gasteiger partial charge in [-0.25, -0.2) is 9.97 Å². The van der Waals surface area contributed by atoms with E-state index in [0.717, 1.165) is 22.6 Å². The fourth-order valence-corrected chi connectivity index (χ4v) is 3.79. The molecule has 0 saturated heterocycles. The number of benzene rings is 1. The number of rotatable bonds is 9. The quantitative estimate of drug-likeness (QED) is 0.441. The van der Waals surface area contributed by atoms with Crippen LogP contribution in [0.15, 0.2) is 55.0 Å². The molecule has 0 aliphatic heterocycles. The summed E-state index contributed by atoms with van der Waals surface area (Å²) in [4.78, 5) is 26.1. The second-order valence-corrected chi connectivity index (χ2v) is 9.29. The van der Waals surface area contributed by atoms with Gasteiger partial charge in [-0.3, -0.25) is 14.5 Å². The van der Waals surface area contributed by atoms with Gasteiger partial charge in [-0.1, -0.05) is 12.1 Å². The molecular formula is C24H27N5O2S. The molecule has 2 aromatic heterocycles. The predicted octanol–water partition coefficient (Wildman–Crippen LogP) is 5.08. The Hall–Kier alpha value is -3.13. The summed E-state index contributed by atoms with van der Waals surface area (Å²) in [5.74, 6) is 1.13. The van der Waals surface area contributed by atoms with Crippen molar-refractivity contribution in [3.05, 3.63) is 60.7 Å². The molecular weight excluding hydrogens is 422 g/mol. The van der Waals surface area contributed by atoms with E-state index < -0.39 is 5.41 Å². The highest BCUT2D eigenvalue weighted by atomic mass is 32.2. The number of hydrogen-bond donors (Lipinski definition) is 2.